The van der Waals surface area contributed by atoms with E-state index in [1.807, 2.05) is 0 Å². The van der Waals surface area contributed by atoms with Crippen molar-refractivity contribution in [1.82, 2.24) is 5.32 Å². The molecule has 32 heteroatoms. The van der Waals surface area contributed by atoms with Crippen LogP contribution in [0.25, 0.3) is 41.8 Å². The van der Waals surface area contributed by atoms with Gasteiger partial charge >= 0.3 is 41.8 Å². The number of azide groups is 4. The SMILES string of the molecule is CC(=O)O[C@H]1[C@H](OC(C)=O)[C@@H](N=[N+]=[N-])[C@@H](O[C@H]2[C@H](O[C@@H]3O[C@H]([C@H](C)N=[N+]=[N-])[C@@H](OC(=O)c4ccccc4)[C@H]3OC(=O)c3ccccc3)[C@@H](OC(C)=O)[C@H](NC(=O)[C@H](CCN=[N+]=[N-])OC(C)=O)C[C@@H]2N=[N+]=[N-])O[C@@H]1[C@@H](C)OC(C)=O. The third-order valence-electron chi connectivity index (χ3n) is 12.1. The Morgan fingerprint density at radius 3 is 1.63 bits per heavy atom. The normalized spacial score (nSPS) is 28.0. The monoisotopic (exact) mass is 1110 g/mol. The minimum Gasteiger partial charge on any atom is -0.460 e. The molecular weight excluding hydrogens is 1050 g/mol. The van der Waals surface area contributed by atoms with Gasteiger partial charge in [0, 0.05) is 60.8 Å². The molecule has 1 aliphatic carbocycles. The highest BCUT2D eigenvalue weighted by atomic mass is 16.8. The van der Waals surface area contributed by atoms with Gasteiger partial charge in [0.2, 0.25) is 0 Å². The van der Waals surface area contributed by atoms with Gasteiger partial charge in [-0.25, -0.2) is 9.59 Å². The molecule has 32 nitrogen and oxygen atoms in total. The molecule has 1 amide bonds. The summed E-state index contributed by atoms with van der Waals surface area (Å²) in [7, 11) is 0. The number of ether oxygens (including phenoxy) is 11. The van der Waals surface area contributed by atoms with E-state index in [-0.39, 0.29) is 24.1 Å². The van der Waals surface area contributed by atoms with Crippen LogP contribution < -0.4 is 5.32 Å². The predicted octanol–water partition coefficient (Wildman–Crippen LogP) is 4.98. The van der Waals surface area contributed by atoms with Crippen molar-refractivity contribution in [3.05, 3.63) is 114 Å². The lowest BCUT2D eigenvalue weighted by molar-refractivity contribution is -0.318. The Kier molecular flexibility index (Phi) is 22.6. The molecule has 1 saturated carbocycles. The molecule has 79 heavy (non-hydrogen) atoms. The molecule has 0 spiro atoms. The average molecular weight is 1110 g/mol. The van der Waals surface area contributed by atoms with Crippen molar-refractivity contribution in [2.75, 3.05) is 6.54 Å². The molecule has 2 heterocycles. The Balaban J connectivity index is 1.77. The van der Waals surface area contributed by atoms with Crippen LogP contribution in [0, 0.1) is 0 Å². The first kappa shape index (κ1) is 61.1. The van der Waals surface area contributed by atoms with Gasteiger partial charge in [0.1, 0.15) is 30.5 Å². The smallest absolute Gasteiger partial charge is 0.338 e. The molecular formula is C47H55N13O19. The summed E-state index contributed by atoms with van der Waals surface area (Å²) in [6, 6.07) is 8.61. The van der Waals surface area contributed by atoms with Gasteiger partial charge in [-0.1, -0.05) is 63.8 Å². The summed E-state index contributed by atoms with van der Waals surface area (Å²) < 4.78 is 65.9. The van der Waals surface area contributed by atoms with E-state index in [0.29, 0.717) is 0 Å². The maximum absolute atomic E-state index is 14.2. The Morgan fingerprint density at radius 1 is 0.582 bits per heavy atom. The first-order chi connectivity index (χ1) is 37.7. The second-order valence-electron chi connectivity index (χ2n) is 17.8. The number of carbonyl (C=O) groups is 8. The van der Waals surface area contributed by atoms with Gasteiger partial charge in [-0.2, -0.15) is 0 Å². The highest BCUT2D eigenvalue weighted by Crippen LogP contribution is 2.40. The predicted molar refractivity (Wildman–Crippen MR) is 261 cm³/mol. The number of hydrogen-bond donors (Lipinski definition) is 1. The van der Waals surface area contributed by atoms with E-state index in [4.69, 9.17) is 57.6 Å². The number of esters is 7. The zero-order valence-electron chi connectivity index (χ0n) is 43.3. The van der Waals surface area contributed by atoms with Crippen molar-refractivity contribution in [2.45, 2.75) is 165 Å². The second-order valence-corrected chi connectivity index (χ2v) is 17.8. The molecule has 0 bridgehead atoms. The van der Waals surface area contributed by atoms with Crippen LogP contribution >= 0.6 is 0 Å². The summed E-state index contributed by atoms with van der Waals surface area (Å²) in [5.74, 6) is -7.90. The summed E-state index contributed by atoms with van der Waals surface area (Å²) in [5.41, 5.74) is 38.7. The molecule has 0 radical (unpaired) electrons. The number of hydrogen-bond acceptors (Lipinski definition) is 23. The van der Waals surface area contributed by atoms with E-state index in [1.165, 1.54) is 62.4 Å². The van der Waals surface area contributed by atoms with E-state index < -0.39 is 158 Å². The van der Waals surface area contributed by atoms with E-state index in [2.05, 4.69) is 45.4 Å². The number of nitrogens with zero attached hydrogens (tertiary/aromatic N) is 12. The molecule has 0 unspecified atom stereocenters. The molecule has 17 atom stereocenters. The van der Waals surface area contributed by atoms with Crippen molar-refractivity contribution >= 4 is 47.7 Å². The van der Waals surface area contributed by atoms with Crippen LogP contribution in [0.1, 0.15) is 82.0 Å². The minimum atomic E-state index is -2.05. The van der Waals surface area contributed by atoms with E-state index in [9.17, 15) is 54.9 Å². The lowest BCUT2D eigenvalue weighted by Gasteiger charge is -2.49. The lowest BCUT2D eigenvalue weighted by Crippen LogP contribution is -2.67. The topological polar surface area (TPSA) is 445 Å². The van der Waals surface area contributed by atoms with Gasteiger partial charge in [-0.05, 0) is 66.2 Å². The molecule has 2 saturated heterocycles. The zero-order chi connectivity index (χ0) is 57.9. The molecule has 2 aliphatic heterocycles. The zero-order valence-corrected chi connectivity index (χ0v) is 43.3. The average Bonchev–Trinajstić information content (AvgIpc) is 3.75. The maximum atomic E-state index is 14.2. The molecule has 2 aromatic rings. The Hall–Kier alpha value is -8.72. The molecule has 422 valence electrons. The number of rotatable bonds is 23. The van der Waals surface area contributed by atoms with Crippen LogP contribution in [-0.2, 0) is 80.9 Å². The van der Waals surface area contributed by atoms with Crippen molar-refractivity contribution < 1.29 is 90.5 Å². The number of carbonyl (C=O) groups excluding carboxylic acids is 8. The van der Waals surface area contributed by atoms with Crippen LogP contribution in [-0.4, -0.2) is 158 Å². The highest BCUT2D eigenvalue weighted by Gasteiger charge is 2.59. The summed E-state index contributed by atoms with van der Waals surface area (Å²) in [6.07, 6.45) is -24.1. The minimum absolute atomic E-state index is 0.0134. The van der Waals surface area contributed by atoms with Crippen LogP contribution in [0.4, 0.5) is 0 Å². The quantitative estimate of drug-likeness (QED) is 0.0504. The Bertz CT molecular complexity index is 2740. The maximum Gasteiger partial charge on any atom is 0.338 e. The largest absolute Gasteiger partial charge is 0.460 e. The fourth-order valence-corrected chi connectivity index (χ4v) is 8.98. The fraction of sp³-hybridized carbons (Fsp3) is 0.574. The van der Waals surface area contributed by atoms with Gasteiger partial charge in [0.05, 0.1) is 35.4 Å². The molecule has 1 N–H and O–H groups in total. The lowest BCUT2D eigenvalue weighted by atomic mass is 9.83. The van der Waals surface area contributed by atoms with Crippen molar-refractivity contribution in [3.8, 4) is 0 Å². The van der Waals surface area contributed by atoms with Crippen molar-refractivity contribution in [2.24, 2.45) is 20.5 Å². The summed E-state index contributed by atoms with van der Waals surface area (Å²) >= 11 is 0. The van der Waals surface area contributed by atoms with E-state index in [1.54, 1.807) is 12.1 Å². The van der Waals surface area contributed by atoms with Gasteiger partial charge in [-0.15, -0.1) is 0 Å². The van der Waals surface area contributed by atoms with Gasteiger partial charge in [0.15, 0.2) is 49.2 Å². The number of amides is 1. The number of nitrogens with one attached hydrogen (secondary N) is 1. The summed E-state index contributed by atoms with van der Waals surface area (Å²) in [5, 5.41) is 17.5. The second kappa shape index (κ2) is 29.1. The first-order valence-corrected chi connectivity index (χ1v) is 24.1. The van der Waals surface area contributed by atoms with Crippen LogP contribution in [0.5, 0.6) is 0 Å². The first-order valence-electron chi connectivity index (χ1n) is 24.1. The van der Waals surface area contributed by atoms with Gasteiger partial charge in [0.25, 0.3) is 5.91 Å². The summed E-state index contributed by atoms with van der Waals surface area (Å²) in [4.78, 5) is 117. The third kappa shape index (κ3) is 16.6. The third-order valence-corrected chi connectivity index (χ3v) is 12.1. The van der Waals surface area contributed by atoms with Gasteiger partial charge in [-0.3, -0.25) is 28.8 Å². The Labute approximate surface area is 448 Å². The molecule has 0 aromatic heterocycles. The van der Waals surface area contributed by atoms with Crippen LogP contribution in [0.2, 0.25) is 0 Å². The van der Waals surface area contributed by atoms with Crippen LogP contribution in [0.15, 0.2) is 81.1 Å². The number of benzene rings is 2. The van der Waals surface area contributed by atoms with Crippen molar-refractivity contribution in [3.63, 3.8) is 0 Å². The Morgan fingerprint density at radius 2 is 1.10 bits per heavy atom. The van der Waals surface area contributed by atoms with Crippen LogP contribution in [0.3, 0.4) is 0 Å². The van der Waals surface area contributed by atoms with Gasteiger partial charge < -0.3 is 57.4 Å². The molecule has 3 aliphatic rings. The molecule has 2 aromatic carbocycles. The van der Waals surface area contributed by atoms with E-state index in [0.717, 1.165) is 34.6 Å². The molecule has 3 fully saturated rings. The molecule has 5 rings (SSSR count). The summed E-state index contributed by atoms with van der Waals surface area (Å²) in [6.45, 7) is 7.31. The standard InChI is InChI=1S/C47H55N13O19/c1-21(54-58-49)34-39(74-44(67)28-14-10-8-11-15-28)42(75-45(68)29-16-12-9-13-17-29)47(76-34)79-41-36(71-25(5)63)30(53-43(66)32(70-24(4)62)18-19-52-57-48)20-31(55-59-50)37(41)78-46-33(56-60-51)38(72-26(6)64)40(73-27(7)65)35(77-46)22(2)69-23(3)61/h8-17,21-22,30-42,46-47H,18-20H2,1-7H3,(H,53,66)/t21-,22+,30+,31-,32-,33+,34+,35+,36-,37+,38+,39+,40+,41+,42+,46+,47-/m0/s1. The van der Waals surface area contributed by atoms with Crippen molar-refractivity contribution in [1.29, 1.82) is 0 Å². The van der Waals surface area contributed by atoms with E-state index >= 15 is 0 Å². The fourth-order valence-electron chi connectivity index (χ4n) is 8.98. The highest BCUT2D eigenvalue weighted by molar-refractivity contribution is 5.90.